The molecule has 0 fully saturated rings. The summed E-state index contributed by atoms with van der Waals surface area (Å²) in [4.78, 5) is 0. The number of hydrogen-bond donors (Lipinski definition) is 0. The van der Waals surface area contributed by atoms with Crippen LogP contribution in [0.5, 0.6) is 11.5 Å². The van der Waals surface area contributed by atoms with E-state index in [9.17, 15) is 8.78 Å². The largest absolute Gasteiger partial charge is 0.491 e. The van der Waals surface area contributed by atoms with Crippen LogP contribution in [0.1, 0.15) is 46.0 Å². The van der Waals surface area contributed by atoms with Crippen molar-refractivity contribution in [2.45, 2.75) is 46.0 Å². The predicted molar refractivity (Wildman–Crippen MR) is 83.4 cm³/mol. The van der Waals surface area contributed by atoms with Crippen LogP contribution in [0.4, 0.5) is 8.78 Å². The summed E-state index contributed by atoms with van der Waals surface area (Å²) < 4.78 is 38.2. The summed E-state index contributed by atoms with van der Waals surface area (Å²) in [6.45, 7) is 4.62. The van der Waals surface area contributed by atoms with Crippen molar-refractivity contribution in [3.8, 4) is 11.5 Å². The van der Waals surface area contributed by atoms with Gasteiger partial charge in [0.15, 0.2) is 11.5 Å². The Labute approximate surface area is 131 Å². The molecule has 0 heterocycles. The van der Waals surface area contributed by atoms with Crippen molar-refractivity contribution in [1.29, 1.82) is 0 Å². The minimum absolute atomic E-state index is 0.0377. The van der Waals surface area contributed by atoms with E-state index in [-0.39, 0.29) is 11.5 Å². The first-order valence-electron chi connectivity index (χ1n) is 8.07. The Balaban J connectivity index is 1.91. The highest BCUT2D eigenvalue weighted by Crippen LogP contribution is 2.30. The van der Waals surface area contributed by atoms with Crippen LogP contribution < -0.4 is 9.47 Å². The number of ether oxygens (including phenoxy) is 2. The summed E-state index contributed by atoms with van der Waals surface area (Å²) >= 11 is 0. The third-order valence-electron chi connectivity index (χ3n) is 3.97. The third-order valence-corrected chi connectivity index (χ3v) is 3.97. The van der Waals surface area contributed by atoms with Gasteiger partial charge in [0.25, 0.3) is 0 Å². The van der Waals surface area contributed by atoms with Crippen LogP contribution in [-0.2, 0) is 0 Å². The van der Waals surface area contributed by atoms with Gasteiger partial charge in [0.05, 0.1) is 13.2 Å². The van der Waals surface area contributed by atoms with E-state index in [1.165, 1.54) is 24.1 Å². The fraction of sp³-hybridized carbons (Fsp3) is 0.556. The first-order chi connectivity index (χ1) is 10.7. The number of rotatable bonds is 7. The number of benzene rings is 1. The maximum absolute atomic E-state index is 13.9. The molecule has 0 N–H and O–H groups in total. The fourth-order valence-corrected chi connectivity index (χ4v) is 2.74. The molecule has 2 nitrogen and oxygen atoms in total. The molecule has 0 radical (unpaired) electrons. The molecule has 0 spiro atoms. The van der Waals surface area contributed by atoms with Crippen molar-refractivity contribution in [1.82, 2.24) is 0 Å². The zero-order valence-corrected chi connectivity index (χ0v) is 13.3. The Morgan fingerprint density at radius 1 is 1.09 bits per heavy atom. The first kappa shape index (κ1) is 16.8. The lowest BCUT2D eigenvalue weighted by molar-refractivity contribution is 0.223. The van der Waals surface area contributed by atoms with Gasteiger partial charge in [-0.15, -0.1) is 0 Å². The molecule has 1 aliphatic rings. The van der Waals surface area contributed by atoms with Crippen molar-refractivity contribution in [2.75, 3.05) is 13.2 Å². The van der Waals surface area contributed by atoms with Crippen LogP contribution in [0, 0.1) is 17.6 Å². The summed E-state index contributed by atoms with van der Waals surface area (Å²) in [5, 5.41) is 0. The summed E-state index contributed by atoms with van der Waals surface area (Å²) in [5.74, 6) is -1.69. The van der Waals surface area contributed by atoms with Crippen molar-refractivity contribution in [2.24, 2.45) is 5.92 Å². The standard InChI is InChI=1S/C18H24F2O2/c1-3-5-13-6-8-14(9-7-13)12-22-16-11-10-15(21-4-2)17(19)18(16)20/h6,10-11,14H,3-5,7-9,12H2,1-2H3. The molecule has 1 aromatic rings. The summed E-state index contributed by atoms with van der Waals surface area (Å²) in [6, 6.07) is 2.85. The molecular weight excluding hydrogens is 286 g/mol. The second-order valence-corrected chi connectivity index (χ2v) is 5.69. The molecule has 4 heteroatoms. The van der Waals surface area contributed by atoms with Crippen LogP contribution in [0.2, 0.25) is 0 Å². The van der Waals surface area contributed by atoms with E-state index in [0.29, 0.717) is 19.1 Å². The summed E-state index contributed by atoms with van der Waals surface area (Å²) in [7, 11) is 0. The smallest absolute Gasteiger partial charge is 0.204 e. The van der Waals surface area contributed by atoms with Gasteiger partial charge in [-0.2, -0.15) is 8.78 Å². The highest BCUT2D eigenvalue weighted by atomic mass is 19.2. The maximum atomic E-state index is 13.9. The summed E-state index contributed by atoms with van der Waals surface area (Å²) in [6.07, 6.45) is 7.69. The maximum Gasteiger partial charge on any atom is 0.204 e. The lowest BCUT2D eigenvalue weighted by atomic mass is 9.88. The molecule has 0 saturated heterocycles. The normalized spacial score (nSPS) is 18.0. The average Bonchev–Trinajstić information content (AvgIpc) is 2.53. The molecule has 1 atom stereocenters. The molecule has 0 amide bonds. The molecule has 22 heavy (non-hydrogen) atoms. The van der Waals surface area contributed by atoms with Gasteiger partial charge in [-0.1, -0.05) is 25.0 Å². The van der Waals surface area contributed by atoms with E-state index in [0.717, 1.165) is 25.7 Å². The van der Waals surface area contributed by atoms with Crippen molar-refractivity contribution in [3.63, 3.8) is 0 Å². The van der Waals surface area contributed by atoms with Crippen LogP contribution in [-0.4, -0.2) is 13.2 Å². The van der Waals surface area contributed by atoms with E-state index >= 15 is 0 Å². The van der Waals surface area contributed by atoms with E-state index < -0.39 is 11.6 Å². The first-order valence-corrected chi connectivity index (χ1v) is 8.07. The second kappa shape index (κ2) is 8.16. The average molecular weight is 310 g/mol. The SMILES string of the molecule is CCCC1=CCC(COc2ccc(OCC)c(F)c2F)CC1. The van der Waals surface area contributed by atoms with Gasteiger partial charge < -0.3 is 9.47 Å². The van der Waals surface area contributed by atoms with Crippen LogP contribution >= 0.6 is 0 Å². The minimum Gasteiger partial charge on any atom is -0.491 e. The van der Waals surface area contributed by atoms with E-state index in [4.69, 9.17) is 9.47 Å². The van der Waals surface area contributed by atoms with Crippen molar-refractivity contribution < 1.29 is 18.3 Å². The van der Waals surface area contributed by atoms with Crippen LogP contribution in [0.25, 0.3) is 0 Å². The summed E-state index contributed by atoms with van der Waals surface area (Å²) in [5.41, 5.74) is 1.51. The van der Waals surface area contributed by atoms with Gasteiger partial charge in [-0.25, -0.2) is 0 Å². The minimum atomic E-state index is -0.979. The Morgan fingerprint density at radius 2 is 1.77 bits per heavy atom. The van der Waals surface area contributed by atoms with E-state index in [2.05, 4.69) is 13.0 Å². The fourth-order valence-electron chi connectivity index (χ4n) is 2.74. The van der Waals surface area contributed by atoms with E-state index in [1.54, 1.807) is 6.92 Å². The molecule has 0 aromatic heterocycles. The Morgan fingerprint density at radius 3 is 2.32 bits per heavy atom. The number of hydrogen-bond acceptors (Lipinski definition) is 2. The van der Waals surface area contributed by atoms with Crippen molar-refractivity contribution in [3.05, 3.63) is 35.4 Å². The zero-order valence-electron chi connectivity index (χ0n) is 13.3. The van der Waals surface area contributed by atoms with Gasteiger partial charge in [0, 0.05) is 0 Å². The molecule has 2 rings (SSSR count). The van der Waals surface area contributed by atoms with Crippen molar-refractivity contribution >= 4 is 0 Å². The van der Waals surface area contributed by atoms with Crippen LogP contribution in [0.3, 0.4) is 0 Å². The van der Waals surface area contributed by atoms with E-state index in [1.807, 2.05) is 0 Å². The van der Waals surface area contributed by atoms with Gasteiger partial charge >= 0.3 is 0 Å². The van der Waals surface area contributed by atoms with Gasteiger partial charge in [0.2, 0.25) is 11.6 Å². The molecule has 1 aromatic carbocycles. The predicted octanol–water partition coefficient (Wildman–Crippen LogP) is 5.27. The van der Waals surface area contributed by atoms with Crippen LogP contribution in [0.15, 0.2) is 23.8 Å². The Bertz CT molecular complexity index is 526. The van der Waals surface area contributed by atoms with Gasteiger partial charge in [-0.05, 0) is 50.7 Å². The molecule has 122 valence electrons. The lowest BCUT2D eigenvalue weighted by Crippen LogP contribution is -2.15. The quantitative estimate of drug-likeness (QED) is 0.639. The van der Waals surface area contributed by atoms with Gasteiger partial charge in [-0.3, -0.25) is 0 Å². The molecular formula is C18H24F2O2. The molecule has 0 bridgehead atoms. The van der Waals surface area contributed by atoms with Gasteiger partial charge in [0.1, 0.15) is 0 Å². The molecule has 1 aliphatic carbocycles. The Hall–Kier alpha value is -1.58. The molecule has 1 unspecified atom stereocenters. The highest BCUT2D eigenvalue weighted by Gasteiger charge is 2.18. The lowest BCUT2D eigenvalue weighted by Gasteiger charge is -2.22. The molecule has 0 aliphatic heterocycles. The molecule has 0 saturated carbocycles. The second-order valence-electron chi connectivity index (χ2n) is 5.69. The zero-order chi connectivity index (χ0) is 15.9. The highest BCUT2D eigenvalue weighted by molar-refractivity contribution is 5.35. The third kappa shape index (κ3) is 4.21. The monoisotopic (exact) mass is 310 g/mol. The Kier molecular flexibility index (Phi) is 6.22. The number of allylic oxidation sites excluding steroid dienone is 2. The topological polar surface area (TPSA) is 18.5 Å². The number of halogens is 2.